The quantitative estimate of drug-likeness (QED) is 0.886. The van der Waals surface area contributed by atoms with Crippen molar-refractivity contribution >= 4 is 17.6 Å². The molecule has 0 amide bonds. The summed E-state index contributed by atoms with van der Waals surface area (Å²) in [6.07, 6.45) is 0.448. The number of ether oxygens (including phenoxy) is 1. The van der Waals surface area contributed by atoms with Gasteiger partial charge in [-0.2, -0.15) is 5.26 Å². The first kappa shape index (κ1) is 12.9. The van der Waals surface area contributed by atoms with Crippen molar-refractivity contribution in [1.82, 2.24) is 9.97 Å². The van der Waals surface area contributed by atoms with Gasteiger partial charge in [-0.15, -0.1) is 0 Å². The molecule has 0 saturated heterocycles. The predicted octanol–water partition coefficient (Wildman–Crippen LogP) is 1.33. The second kappa shape index (κ2) is 5.09. The van der Waals surface area contributed by atoms with Gasteiger partial charge in [0.1, 0.15) is 17.5 Å². The van der Waals surface area contributed by atoms with Crippen LogP contribution in [0.5, 0.6) is 5.75 Å². The molecule has 0 aliphatic carbocycles. The maximum Gasteiger partial charge on any atom is 0.346 e. The molecule has 104 valence electrons. The van der Waals surface area contributed by atoms with Crippen LogP contribution in [-0.4, -0.2) is 33.7 Å². The summed E-state index contributed by atoms with van der Waals surface area (Å²) in [5, 5.41) is 18.1. The summed E-state index contributed by atoms with van der Waals surface area (Å²) in [5.74, 6) is -0.343. The first-order valence-electron chi connectivity index (χ1n) is 6.18. The number of benzene rings is 1. The van der Waals surface area contributed by atoms with Crippen LogP contribution in [0.1, 0.15) is 5.69 Å². The van der Waals surface area contributed by atoms with Gasteiger partial charge in [-0.1, -0.05) is 12.1 Å². The van der Waals surface area contributed by atoms with E-state index in [1.165, 1.54) is 12.3 Å². The van der Waals surface area contributed by atoms with Crippen molar-refractivity contribution in [3.05, 3.63) is 42.2 Å². The van der Waals surface area contributed by atoms with E-state index in [0.29, 0.717) is 11.4 Å². The molecule has 1 aromatic carbocycles. The molecular weight excluding hydrogens is 272 g/mol. The van der Waals surface area contributed by atoms with E-state index in [2.05, 4.69) is 9.97 Å². The average molecular weight is 282 g/mol. The molecule has 2 heterocycles. The van der Waals surface area contributed by atoms with E-state index >= 15 is 0 Å². The van der Waals surface area contributed by atoms with Crippen LogP contribution in [0.25, 0.3) is 0 Å². The lowest BCUT2D eigenvalue weighted by Crippen LogP contribution is -2.42. The van der Waals surface area contributed by atoms with Crippen molar-refractivity contribution in [3.63, 3.8) is 0 Å². The number of carboxylic acid groups (broad SMARTS) is 1. The molecule has 2 aromatic rings. The molecule has 1 aromatic heterocycles. The Morgan fingerprint density at radius 3 is 3.00 bits per heavy atom. The molecule has 0 radical (unpaired) electrons. The van der Waals surface area contributed by atoms with Gasteiger partial charge in [-0.05, 0) is 18.2 Å². The van der Waals surface area contributed by atoms with E-state index in [1.807, 2.05) is 12.1 Å². The van der Waals surface area contributed by atoms with E-state index in [-0.39, 0.29) is 18.2 Å². The summed E-state index contributed by atoms with van der Waals surface area (Å²) in [7, 11) is 0. The van der Waals surface area contributed by atoms with Gasteiger partial charge in [0.25, 0.3) is 0 Å². The normalized spacial score (nSPS) is 16.5. The summed E-state index contributed by atoms with van der Waals surface area (Å²) >= 11 is 0. The van der Waals surface area contributed by atoms with Crippen molar-refractivity contribution in [2.24, 2.45) is 0 Å². The molecule has 1 aliphatic heterocycles. The lowest BCUT2D eigenvalue weighted by atomic mass is 10.2. The van der Waals surface area contributed by atoms with Crippen molar-refractivity contribution in [1.29, 1.82) is 5.26 Å². The second-order valence-electron chi connectivity index (χ2n) is 4.38. The van der Waals surface area contributed by atoms with Crippen LogP contribution >= 0.6 is 0 Å². The molecule has 1 unspecified atom stereocenters. The van der Waals surface area contributed by atoms with Crippen LogP contribution in [0.15, 0.2) is 36.5 Å². The van der Waals surface area contributed by atoms with Gasteiger partial charge in [-0.25, -0.2) is 14.8 Å². The Kier molecular flexibility index (Phi) is 3.12. The van der Waals surface area contributed by atoms with Gasteiger partial charge in [0, 0.05) is 6.20 Å². The third-order valence-electron chi connectivity index (χ3n) is 3.05. The topological polar surface area (TPSA) is 99.3 Å². The van der Waals surface area contributed by atoms with Crippen molar-refractivity contribution in [3.8, 4) is 11.8 Å². The predicted molar refractivity (Wildman–Crippen MR) is 72.2 cm³/mol. The third-order valence-corrected chi connectivity index (χ3v) is 3.05. The standard InChI is InChI=1S/C14H10N4O3/c15-7-9-5-6-16-14(17-9)18-8-12(13(19)20)21-11-4-2-1-3-10(11)18/h1-6,12H,8H2,(H,19,20). The molecule has 1 aliphatic rings. The zero-order chi connectivity index (χ0) is 14.8. The number of fused-ring (bicyclic) bond motifs is 1. The van der Waals surface area contributed by atoms with Gasteiger partial charge in [0.2, 0.25) is 12.1 Å². The molecule has 0 bridgehead atoms. The van der Waals surface area contributed by atoms with Crippen molar-refractivity contribution in [2.45, 2.75) is 6.10 Å². The van der Waals surface area contributed by atoms with Gasteiger partial charge >= 0.3 is 5.97 Å². The van der Waals surface area contributed by atoms with Gasteiger partial charge < -0.3 is 14.7 Å². The summed E-state index contributed by atoms with van der Waals surface area (Å²) in [4.78, 5) is 21.1. The van der Waals surface area contributed by atoms with Crippen LogP contribution in [0.2, 0.25) is 0 Å². The summed E-state index contributed by atoms with van der Waals surface area (Å²) < 4.78 is 5.44. The lowest BCUT2D eigenvalue weighted by Gasteiger charge is -2.32. The third kappa shape index (κ3) is 2.34. The largest absolute Gasteiger partial charge is 0.478 e. The van der Waals surface area contributed by atoms with Crippen LogP contribution in [0.4, 0.5) is 11.6 Å². The summed E-state index contributed by atoms with van der Waals surface area (Å²) in [5.41, 5.74) is 0.890. The highest BCUT2D eigenvalue weighted by Crippen LogP contribution is 2.36. The molecular formula is C14H10N4O3. The minimum absolute atomic E-state index is 0.0707. The fraction of sp³-hybridized carbons (Fsp3) is 0.143. The highest BCUT2D eigenvalue weighted by molar-refractivity contribution is 5.78. The van der Waals surface area contributed by atoms with Crippen LogP contribution in [-0.2, 0) is 4.79 Å². The fourth-order valence-corrected chi connectivity index (χ4v) is 2.09. The van der Waals surface area contributed by atoms with Gasteiger partial charge in [0.15, 0.2) is 0 Å². The maximum absolute atomic E-state index is 11.2. The Labute approximate surface area is 120 Å². The molecule has 0 fully saturated rings. The molecule has 21 heavy (non-hydrogen) atoms. The lowest BCUT2D eigenvalue weighted by molar-refractivity contribution is -0.144. The molecule has 1 N–H and O–H groups in total. The molecule has 0 spiro atoms. The smallest absolute Gasteiger partial charge is 0.346 e. The first-order valence-corrected chi connectivity index (χ1v) is 6.18. The number of nitriles is 1. The number of para-hydroxylation sites is 2. The number of aliphatic carboxylic acids is 1. The molecule has 7 heteroatoms. The van der Waals surface area contributed by atoms with Crippen molar-refractivity contribution < 1.29 is 14.6 Å². The van der Waals surface area contributed by atoms with E-state index in [1.54, 1.807) is 23.1 Å². The first-order chi connectivity index (χ1) is 10.2. The van der Waals surface area contributed by atoms with Gasteiger partial charge in [-0.3, -0.25) is 0 Å². The number of anilines is 2. The number of hydrogen-bond donors (Lipinski definition) is 1. The average Bonchev–Trinajstić information content (AvgIpc) is 2.53. The second-order valence-corrected chi connectivity index (χ2v) is 4.38. The number of hydrogen-bond acceptors (Lipinski definition) is 6. The Hall–Kier alpha value is -3.14. The van der Waals surface area contributed by atoms with Crippen LogP contribution < -0.4 is 9.64 Å². The Balaban J connectivity index is 2.08. The summed E-state index contributed by atoms with van der Waals surface area (Å²) in [6.45, 7) is 0.0707. The molecule has 3 rings (SSSR count). The van der Waals surface area contributed by atoms with E-state index in [4.69, 9.17) is 10.00 Å². The zero-order valence-corrected chi connectivity index (χ0v) is 10.8. The number of aromatic nitrogens is 2. The summed E-state index contributed by atoms with van der Waals surface area (Å²) in [6, 6.07) is 10.5. The SMILES string of the molecule is N#Cc1ccnc(N2CC(C(=O)O)Oc3ccccc32)n1. The van der Waals surface area contributed by atoms with Crippen LogP contribution in [0.3, 0.4) is 0 Å². The Morgan fingerprint density at radius 2 is 2.24 bits per heavy atom. The highest BCUT2D eigenvalue weighted by Gasteiger charge is 2.32. The van der Waals surface area contributed by atoms with Crippen molar-refractivity contribution in [2.75, 3.05) is 11.4 Å². The number of nitrogens with zero attached hydrogens (tertiary/aromatic N) is 4. The molecule has 0 saturated carbocycles. The fourth-order valence-electron chi connectivity index (χ4n) is 2.09. The molecule has 7 nitrogen and oxygen atoms in total. The Morgan fingerprint density at radius 1 is 1.43 bits per heavy atom. The van der Waals surface area contributed by atoms with E-state index in [0.717, 1.165) is 0 Å². The number of carbonyl (C=O) groups is 1. The van der Waals surface area contributed by atoms with E-state index in [9.17, 15) is 9.90 Å². The minimum Gasteiger partial charge on any atom is -0.478 e. The van der Waals surface area contributed by atoms with Crippen LogP contribution in [0, 0.1) is 11.3 Å². The number of rotatable bonds is 2. The minimum atomic E-state index is -1.06. The zero-order valence-electron chi connectivity index (χ0n) is 10.8. The van der Waals surface area contributed by atoms with E-state index < -0.39 is 12.1 Å². The Bertz CT molecular complexity index is 741. The van der Waals surface area contributed by atoms with Gasteiger partial charge in [0.05, 0.1) is 12.2 Å². The molecule has 1 atom stereocenters. The monoisotopic (exact) mass is 282 g/mol. The number of carboxylic acids is 1. The maximum atomic E-state index is 11.2. The highest BCUT2D eigenvalue weighted by atomic mass is 16.5.